The molecule has 0 bridgehead atoms. The van der Waals surface area contributed by atoms with E-state index in [1.807, 2.05) is 30.3 Å². The van der Waals surface area contributed by atoms with Crippen LogP contribution in [0, 0.1) is 11.3 Å². The Morgan fingerprint density at radius 2 is 1.81 bits per heavy atom. The Hall–Kier alpha value is -1.64. The number of hydrogen-bond donors (Lipinski definition) is 2. The van der Waals surface area contributed by atoms with Gasteiger partial charge in [0.1, 0.15) is 0 Å². The van der Waals surface area contributed by atoms with Gasteiger partial charge in [-0.3, -0.25) is 0 Å². The van der Waals surface area contributed by atoms with Gasteiger partial charge >= 0.3 is 0 Å². The van der Waals surface area contributed by atoms with Crippen molar-refractivity contribution in [3.8, 4) is 0 Å². The van der Waals surface area contributed by atoms with Crippen LogP contribution in [0.4, 0.5) is 0 Å². The molecule has 0 spiro atoms. The van der Waals surface area contributed by atoms with Crippen molar-refractivity contribution in [2.75, 3.05) is 13.1 Å². The number of hydrogen-bond acceptors (Lipinski definition) is 2. The fourth-order valence-electron chi connectivity index (χ4n) is 6.67. The smallest absolute Gasteiger partial charge is 0.0802 e. The minimum Gasteiger partial charge on any atom is -0.388 e. The molecule has 0 radical (unpaired) electrons. The highest BCUT2D eigenvalue weighted by molar-refractivity contribution is 5.42. The third-order valence-corrected chi connectivity index (χ3v) is 8.48. The highest BCUT2D eigenvalue weighted by Gasteiger charge is 2.51. The third-order valence-electron chi connectivity index (χ3n) is 8.48. The van der Waals surface area contributed by atoms with Crippen LogP contribution in [0.15, 0.2) is 48.5 Å². The van der Waals surface area contributed by atoms with Gasteiger partial charge in [0, 0.05) is 6.54 Å². The van der Waals surface area contributed by atoms with Gasteiger partial charge in [-0.2, -0.15) is 0 Å². The first kappa shape index (κ1) is 22.6. The van der Waals surface area contributed by atoms with Crippen LogP contribution in [0.5, 0.6) is 0 Å². The fourth-order valence-corrected chi connectivity index (χ4v) is 6.67. The molecule has 1 saturated carbocycles. The molecule has 31 heavy (non-hydrogen) atoms. The predicted molar refractivity (Wildman–Crippen MR) is 131 cm³/mol. The first-order valence-electron chi connectivity index (χ1n) is 12.4. The van der Waals surface area contributed by atoms with Crippen LogP contribution in [0.1, 0.15) is 94.1 Å². The van der Waals surface area contributed by atoms with Gasteiger partial charge in [-0.05, 0) is 83.6 Å². The van der Waals surface area contributed by atoms with Crippen molar-refractivity contribution in [1.82, 2.24) is 5.32 Å². The van der Waals surface area contributed by atoms with Crippen molar-refractivity contribution < 1.29 is 5.11 Å². The molecule has 0 aromatic heterocycles. The van der Waals surface area contributed by atoms with Crippen molar-refractivity contribution >= 4 is 0 Å². The summed E-state index contributed by atoms with van der Waals surface area (Å²) in [5.41, 5.74) is 6.34. The van der Waals surface area contributed by atoms with E-state index in [0.29, 0.717) is 16.7 Å². The van der Waals surface area contributed by atoms with E-state index in [4.69, 9.17) is 0 Å². The SMILES string of the molecule is CC(C)c1ccc2c(c1)CCC1C(C)(CNCCC(O)c3ccccc3)CCCC21C. The van der Waals surface area contributed by atoms with Crippen LogP contribution in [-0.4, -0.2) is 18.2 Å². The lowest BCUT2D eigenvalue weighted by atomic mass is 9.49. The summed E-state index contributed by atoms with van der Waals surface area (Å²) in [4.78, 5) is 0. The van der Waals surface area contributed by atoms with Crippen LogP contribution in [0.2, 0.25) is 0 Å². The third kappa shape index (κ3) is 4.47. The Kier molecular flexibility index (Phi) is 6.60. The standard InChI is InChI=1S/C29H41NO/c1-21(2)23-11-13-25-24(19-23)12-14-27-28(3,16-8-17-29(25,27)4)20-30-18-15-26(31)22-9-6-5-7-10-22/h5-7,9-11,13,19,21,26-27,30-31H,8,12,14-18,20H2,1-4H3. The minimum atomic E-state index is -0.380. The Bertz CT molecular complexity index is 876. The molecule has 4 unspecified atom stereocenters. The summed E-state index contributed by atoms with van der Waals surface area (Å²) in [6.45, 7) is 11.6. The number of nitrogens with one attached hydrogen (secondary N) is 1. The topological polar surface area (TPSA) is 32.3 Å². The van der Waals surface area contributed by atoms with Gasteiger partial charge in [-0.25, -0.2) is 0 Å². The van der Waals surface area contributed by atoms with Crippen LogP contribution < -0.4 is 5.32 Å². The van der Waals surface area contributed by atoms with Crippen molar-refractivity contribution in [2.45, 2.75) is 83.7 Å². The molecule has 2 aliphatic carbocycles. The predicted octanol–water partition coefficient (Wildman–Crippen LogP) is 6.53. The molecule has 0 amide bonds. The second kappa shape index (κ2) is 9.08. The number of aliphatic hydroxyl groups is 1. The van der Waals surface area contributed by atoms with E-state index in [2.05, 4.69) is 51.2 Å². The van der Waals surface area contributed by atoms with Crippen molar-refractivity contribution in [3.63, 3.8) is 0 Å². The van der Waals surface area contributed by atoms with Gasteiger partial charge < -0.3 is 10.4 Å². The van der Waals surface area contributed by atoms with Crippen LogP contribution in [0.25, 0.3) is 0 Å². The minimum absolute atomic E-state index is 0.293. The first-order chi connectivity index (χ1) is 14.8. The lowest BCUT2D eigenvalue weighted by Gasteiger charge is -2.55. The summed E-state index contributed by atoms with van der Waals surface area (Å²) in [5.74, 6) is 1.32. The molecule has 0 aliphatic heterocycles. The average Bonchev–Trinajstić information content (AvgIpc) is 2.76. The van der Waals surface area contributed by atoms with Crippen LogP contribution in [0.3, 0.4) is 0 Å². The molecule has 4 rings (SSSR count). The summed E-state index contributed by atoms with van der Waals surface area (Å²) < 4.78 is 0. The van der Waals surface area contributed by atoms with Crippen molar-refractivity contribution in [1.29, 1.82) is 0 Å². The van der Waals surface area contributed by atoms with E-state index >= 15 is 0 Å². The first-order valence-corrected chi connectivity index (χ1v) is 12.4. The number of fused-ring (bicyclic) bond motifs is 3. The van der Waals surface area contributed by atoms with Gasteiger partial charge in [-0.15, -0.1) is 0 Å². The maximum Gasteiger partial charge on any atom is 0.0802 e. The normalized spacial score (nSPS) is 28.8. The largest absolute Gasteiger partial charge is 0.388 e. The molecule has 4 atom stereocenters. The van der Waals surface area contributed by atoms with Gasteiger partial charge in [0.05, 0.1) is 6.10 Å². The zero-order valence-corrected chi connectivity index (χ0v) is 20.0. The van der Waals surface area contributed by atoms with E-state index in [0.717, 1.165) is 31.0 Å². The molecule has 168 valence electrons. The average molecular weight is 420 g/mol. The number of rotatable bonds is 7. The zero-order valence-electron chi connectivity index (χ0n) is 20.0. The number of aliphatic hydroxyl groups excluding tert-OH is 1. The summed E-state index contributed by atoms with van der Waals surface area (Å²) in [5, 5.41) is 14.2. The zero-order chi connectivity index (χ0) is 22.1. The maximum absolute atomic E-state index is 10.5. The Labute approximate surface area is 189 Å². The van der Waals surface area contributed by atoms with E-state index < -0.39 is 0 Å². The molecule has 2 aromatic carbocycles. The number of benzene rings is 2. The molecular weight excluding hydrogens is 378 g/mol. The van der Waals surface area contributed by atoms with E-state index in [-0.39, 0.29) is 6.10 Å². The Morgan fingerprint density at radius 1 is 1.03 bits per heavy atom. The van der Waals surface area contributed by atoms with Gasteiger partial charge in [-0.1, -0.05) is 82.6 Å². The number of aryl methyl sites for hydroxylation is 1. The lowest BCUT2D eigenvalue weighted by Crippen LogP contribution is -2.52. The van der Waals surface area contributed by atoms with Gasteiger partial charge in [0.15, 0.2) is 0 Å². The molecule has 2 heteroatoms. The fraction of sp³-hybridized carbons (Fsp3) is 0.586. The maximum atomic E-state index is 10.5. The molecular formula is C29H41NO. The molecule has 0 saturated heterocycles. The van der Waals surface area contributed by atoms with Crippen LogP contribution >= 0.6 is 0 Å². The van der Waals surface area contributed by atoms with E-state index in [9.17, 15) is 5.11 Å². The van der Waals surface area contributed by atoms with Gasteiger partial charge in [0.2, 0.25) is 0 Å². The summed E-state index contributed by atoms with van der Waals surface area (Å²) in [7, 11) is 0. The van der Waals surface area contributed by atoms with E-state index in [1.54, 1.807) is 11.1 Å². The summed E-state index contributed by atoms with van der Waals surface area (Å²) in [6.07, 6.45) is 6.84. The second-order valence-electron chi connectivity index (χ2n) is 11.0. The lowest BCUT2D eigenvalue weighted by molar-refractivity contribution is 0.0252. The van der Waals surface area contributed by atoms with E-state index in [1.165, 1.54) is 37.7 Å². The Balaban J connectivity index is 1.42. The molecule has 2 nitrogen and oxygen atoms in total. The molecule has 2 N–H and O–H groups in total. The molecule has 1 fully saturated rings. The molecule has 2 aromatic rings. The van der Waals surface area contributed by atoms with Crippen molar-refractivity contribution in [3.05, 3.63) is 70.8 Å². The summed E-state index contributed by atoms with van der Waals surface area (Å²) in [6, 6.07) is 17.4. The second-order valence-corrected chi connectivity index (χ2v) is 11.0. The van der Waals surface area contributed by atoms with Crippen molar-refractivity contribution in [2.24, 2.45) is 11.3 Å². The van der Waals surface area contributed by atoms with Crippen LogP contribution in [-0.2, 0) is 11.8 Å². The molecule has 0 heterocycles. The monoisotopic (exact) mass is 419 g/mol. The molecule has 2 aliphatic rings. The Morgan fingerprint density at radius 3 is 2.55 bits per heavy atom. The van der Waals surface area contributed by atoms with Gasteiger partial charge in [0.25, 0.3) is 0 Å². The highest BCUT2D eigenvalue weighted by atomic mass is 16.3. The highest BCUT2D eigenvalue weighted by Crippen LogP contribution is 2.57. The quantitative estimate of drug-likeness (QED) is 0.500. The summed E-state index contributed by atoms with van der Waals surface area (Å²) >= 11 is 0.